The molecule has 4 rings (SSSR count). The zero-order chi connectivity index (χ0) is 16.8. The number of rotatable bonds is 3. The van der Waals surface area contributed by atoms with Crippen molar-refractivity contribution in [2.24, 2.45) is 5.41 Å². The second kappa shape index (κ2) is 5.79. The van der Waals surface area contributed by atoms with E-state index in [1.54, 1.807) is 28.8 Å². The number of benzene rings is 1. The SMILES string of the molecule is Cc1cccc(S(=O)(=O)N2CCC3(CC2)CN(c2ncns2)C3)c1. The van der Waals surface area contributed by atoms with Crippen LogP contribution < -0.4 is 4.90 Å². The third kappa shape index (κ3) is 2.72. The van der Waals surface area contributed by atoms with Crippen LogP contribution in [-0.2, 0) is 10.0 Å². The molecule has 0 N–H and O–H groups in total. The number of anilines is 1. The predicted molar refractivity (Wildman–Crippen MR) is 93.7 cm³/mol. The molecule has 0 bridgehead atoms. The Morgan fingerprint density at radius 2 is 1.96 bits per heavy atom. The molecule has 2 aliphatic heterocycles. The van der Waals surface area contributed by atoms with Crippen molar-refractivity contribution < 1.29 is 8.42 Å². The molecule has 1 aromatic carbocycles. The largest absolute Gasteiger partial charge is 0.346 e. The molecule has 2 saturated heterocycles. The molecule has 0 saturated carbocycles. The summed E-state index contributed by atoms with van der Waals surface area (Å²) >= 11 is 1.42. The number of hydrogen-bond donors (Lipinski definition) is 0. The van der Waals surface area contributed by atoms with Crippen molar-refractivity contribution in [3.05, 3.63) is 36.2 Å². The minimum Gasteiger partial charge on any atom is -0.346 e. The zero-order valence-corrected chi connectivity index (χ0v) is 15.2. The van der Waals surface area contributed by atoms with Crippen LogP contribution in [0.3, 0.4) is 0 Å². The van der Waals surface area contributed by atoms with Gasteiger partial charge in [-0.2, -0.15) is 8.68 Å². The van der Waals surface area contributed by atoms with Crippen molar-refractivity contribution in [2.45, 2.75) is 24.7 Å². The van der Waals surface area contributed by atoms with E-state index in [4.69, 9.17) is 0 Å². The first-order valence-corrected chi connectivity index (χ1v) is 10.3. The number of hydrogen-bond acceptors (Lipinski definition) is 6. The summed E-state index contributed by atoms with van der Waals surface area (Å²) in [4.78, 5) is 6.89. The van der Waals surface area contributed by atoms with Gasteiger partial charge in [-0.15, -0.1) is 0 Å². The van der Waals surface area contributed by atoms with E-state index in [1.807, 2.05) is 13.0 Å². The average molecular weight is 364 g/mol. The van der Waals surface area contributed by atoms with E-state index in [-0.39, 0.29) is 5.41 Å². The van der Waals surface area contributed by atoms with Crippen LogP contribution in [0.25, 0.3) is 0 Å². The fraction of sp³-hybridized carbons (Fsp3) is 0.500. The fourth-order valence-corrected chi connectivity index (χ4v) is 5.72. The van der Waals surface area contributed by atoms with Gasteiger partial charge < -0.3 is 4.90 Å². The van der Waals surface area contributed by atoms with Crippen molar-refractivity contribution in [1.29, 1.82) is 0 Å². The van der Waals surface area contributed by atoms with Gasteiger partial charge in [0.1, 0.15) is 6.33 Å². The van der Waals surface area contributed by atoms with Crippen LogP contribution in [0.2, 0.25) is 0 Å². The van der Waals surface area contributed by atoms with Gasteiger partial charge in [0.15, 0.2) is 0 Å². The standard InChI is InChI=1S/C16H20N4O2S2/c1-13-3-2-4-14(9-13)24(21,22)20-7-5-16(6-8-20)10-19(11-16)15-17-12-18-23-15/h2-4,9,12H,5-8,10-11H2,1H3. The normalized spacial score (nSPS) is 21.0. The van der Waals surface area contributed by atoms with Crippen LogP contribution >= 0.6 is 11.5 Å². The van der Waals surface area contributed by atoms with Crippen molar-refractivity contribution in [2.75, 3.05) is 31.1 Å². The molecule has 0 amide bonds. The van der Waals surface area contributed by atoms with Crippen LogP contribution in [0.1, 0.15) is 18.4 Å². The Hall–Kier alpha value is -1.51. The van der Waals surface area contributed by atoms with Crippen molar-refractivity contribution in [1.82, 2.24) is 13.7 Å². The summed E-state index contributed by atoms with van der Waals surface area (Å²) in [7, 11) is -3.38. The van der Waals surface area contributed by atoms with E-state index in [0.717, 1.165) is 36.6 Å². The van der Waals surface area contributed by atoms with Gasteiger partial charge >= 0.3 is 0 Å². The van der Waals surface area contributed by atoms with Gasteiger partial charge in [0.05, 0.1) is 4.90 Å². The van der Waals surface area contributed by atoms with Crippen LogP contribution in [-0.4, -0.2) is 48.3 Å². The molecule has 2 fully saturated rings. The van der Waals surface area contributed by atoms with Gasteiger partial charge in [-0.3, -0.25) is 0 Å². The summed E-state index contributed by atoms with van der Waals surface area (Å²) in [6, 6.07) is 7.16. The van der Waals surface area contributed by atoms with E-state index < -0.39 is 10.0 Å². The van der Waals surface area contributed by atoms with E-state index in [9.17, 15) is 8.42 Å². The van der Waals surface area contributed by atoms with E-state index in [0.29, 0.717) is 18.0 Å². The second-order valence-electron chi connectivity index (χ2n) is 6.80. The number of nitrogens with zero attached hydrogens (tertiary/aromatic N) is 4. The van der Waals surface area contributed by atoms with Gasteiger partial charge in [-0.25, -0.2) is 13.4 Å². The smallest absolute Gasteiger partial charge is 0.243 e. The number of aryl methyl sites for hydroxylation is 1. The molecule has 1 aromatic heterocycles. The Labute approximate surface area is 146 Å². The molecule has 3 heterocycles. The molecular formula is C16H20N4O2S2. The Morgan fingerprint density at radius 1 is 1.21 bits per heavy atom. The number of sulfonamides is 1. The third-order valence-corrected chi connectivity index (χ3v) is 7.70. The monoisotopic (exact) mass is 364 g/mol. The first-order valence-electron chi connectivity index (χ1n) is 8.07. The van der Waals surface area contributed by atoms with E-state index in [1.165, 1.54) is 11.5 Å². The zero-order valence-electron chi connectivity index (χ0n) is 13.6. The minimum absolute atomic E-state index is 0.240. The van der Waals surface area contributed by atoms with Gasteiger partial charge in [0.2, 0.25) is 15.2 Å². The van der Waals surface area contributed by atoms with Crippen LogP contribution in [0.5, 0.6) is 0 Å². The molecule has 2 aliphatic rings. The van der Waals surface area contributed by atoms with Gasteiger partial charge in [-0.1, -0.05) is 12.1 Å². The maximum Gasteiger partial charge on any atom is 0.243 e. The minimum atomic E-state index is -3.38. The lowest BCUT2D eigenvalue weighted by Crippen LogP contribution is -2.61. The van der Waals surface area contributed by atoms with Crippen molar-refractivity contribution in [3.63, 3.8) is 0 Å². The van der Waals surface area contributed by atoms with Crippen molar-refractivity contribution in [3.8, 4) is 0 Å². The lowest BCUT2D eigenvalue weighted by Gasteiger charge is -2.53. The van der Waals surface area contributed by atoms with E-state index in [2.05, 4.69) is 14.3 Å². The lowest BCUT2D eigenvalue weighted by atomic mass is 9.73. The lowest BCUT2D eigenvalue weighted by molar-refractivity contribution is 0.115. The second-order valence-corrected chi connectivity index (χ2v) is 9.50. The highest BCUT2D eigenvalue weighted by molar-refractivity contribution is 7.89. The van der Waals surface area contributed by atoms with Crippen LogP contribution in [0.4, 0.5) is 5.13 Å². The maximum atomic E-state index is 12.8. The predicted octanol–water partition coefficient (Wildman–Crippen LogP) is 2.14. The Morgan fingerprint density at radius 3 is 2.58 bits per heavy atom. The summed E-state index contributed by atoms with van der Waals surface area (Å²) in [5.41, 5.74) is 1.21. The van der Waals surface area contributed by atoms with E-state index >= 15 is 0 Å². The molecule has 8 heteroatoms. The highest BCUT2D eigenvalue weighted by atomic mass is 32.2. The molecule has 24 heavy (non-hydrogen) atoms. The van der Waals surface area contributed by atoms with Gasteiger partial charge in [0.25, 0.3) is 0 Å². The topological polar surface area (TPSA) is 66.4 Å². The molecule has 6 nitrogen and oxygen atoms in total. The summed E-state index contributed by atoms with van der Waals surface area (Å²) in [5, 5.41) is 0.968. The number of piperidine rings is 1. The molecular weight excluding hydrogens is 344 g/mol. The molecule has 1 spiro atoms. The maximum absolute atomic E-state index is 12.8. The Balaban J connectivity index is 1.42. The summed E-state index contributed by atoms with van der Waals surface area (Å²) in [6.07, 6.45) is 3.41. The fourth-order valence-electron chi connectivity index (χ4n) is 3.65. The molecule has 0 aliphatic carbocycles. The van der Waals surface area contributed by atoms with Crippen LogP contribution in [0.15, 0.2) is 35.5 Å². The van der Waals surface area contributed by atoms with Gasteiger partial charge in [0, 0.05) is 43.1 Å². The Kier molecular flexibility index (Phi) is 3.85. The summed E-state index contributed by atoms with van der Waals surface area (Å²) in [5.74, 6) is 0. The quantitative estimate of drug-likeness (QED) is 0.835. The molecule has 0 atom stereocenters. The summed E-state index contributed by atoms with van der Waals surface area (Å²) < 4.78 is 31.3. The third-order valence-electron chi connectivity index (χ3n) is 5.08. The molecule has 0 radical (unpaired) electrons. The van der Waals surface area contributed by atoms with Crippen molar-refractivity contribution >= 4 is 26.7 Å². The highest BCUT2D eigenvalue weighted by Gasteiger charge is 2.47. The Bertz CT molecular complexity index is 820. The molecule has 128 valence electrons. The average Bonchev–Trinajstić information content (AvgIpc) is 3.07. The van der Waals surface area contributed by atoms with Gasteiger partial charge in [-0.05, 0) is 37.5 Å². The molecule has 2 aromatic rings. The first-order chi connectivity index (χ1) is 11.5. The molecule has 0 unspecified atom stereocenters. The number of aromatic nitrogens is 2. The van der Waals surface area contributed by atoms with Crippen LogP contribution in [0, 0.1) is 12.3 Å². The highest BCUT2D eigenvalue weighted by Crippen LogP contribution is 2.43. The summed E-state index contributed by atoms with van der Waals surface area (Å²) in [6.45, 7) is 5.03. The first kappa shape index (κ1) is 16.0.